The molecule has 0 aliphatic heterocycles. The number of ether oxygens (including phenoxy) is 1. The van der Waals surface area contributed by atoms with E-state index >= 15 is 0 Å². The maximum absolute atomic E-state index is 12.9. The molecule has 0 atom stereocenters. The highest BCUT2D eigenvalue weighted by Crippen LogP contribution is 2.27. The van der Waals surface area contributed by atoms with Gasteiger partial charge < -0.3 is 10.1 Å². The smallest absolute Gasteiger partial charge is 0.270 e. The van der Waals surface area contributed by atoms with Gasteiger partial charge in [-0.3, -0.25) is 4.79 Å². The third kappa shape index (κ3) is 4.80. The second kappa shape index (κ2) is 10.1. The lowest BCUT2D eigenvalue weighted by Crippen LogP contribution is -2.25. The van der Waals surface area contributed by atoms with Crippen molar-refractivity contribution in [2.75, 3.05) is 13.7 Å². The summed E-state index contributed by atoms with van der Waals surface area (Å²) < 4.78 is 7.19. The minimum atomic E-state index is -0.171. The molecule has 2 heterocycles. The summed E-state index contributed by atoms with van der Waals surface area (Å²) in [6, 6.07) is 21.4. The molecule has 0 radical (unpaired) electrons. The molecule has 0 bridgehead atoms. The topological polar surface area (TPSA) is 68.5 Å². The Labute approximate surface area is 188 Å². The third-order valence-corrected chi connectivity index (χ3v) is 5.41. The molecule has 2 aromatic heterocycles. The largest absolute Gasteiger partial charge is 0.497 e. The van der Waals surface area contributed by atoms with Crippen molar-refractivity contribution in [1.29, 1.82) is 0 Å². The van der Waals surface area contributed by atoms with Crippen LogP contribution in [0.3, 0.4) is 0 Å². The van der Waals surface area contributed by atoms with E-state index in [0.717, 1.165) is 41.1 Å². The lowest BCUT2D eigenvalue weighted by atomic mass is 10.1. The van der Waals surface area contributed by atoms with Gasteiger partial charge in [-0.2, -0.15) is 5.10 Å². The molecule has 164 valence electrons. The van der Waals surface area contributed by atoms with Gasteiger partial charge in [0, 0.05) is 23.7 Å². The van der Waals surface area contributed by atoms with Crippen LogP contribution in [-0.2, 0) is 0 Å². The number of nitrogens with one attached hydrogen (secondary N) is 1. The number of aromatic nitrogens is 3. The number of nitrogens with zero attached hydrogens (tertiary/aromatic N) is 3. The van der Waals surface area contributed by atoms with Crippen LogP contribution in [0.1, 0.15) is 43.1 Å². The lowest BCUT2D eigenvalue weighted by Gasteiger charge is -2.10. The van der Waals surface area contributed by atoms with E-state index in [4.69, 9.17) is 9.84 Å². The van der Waals surface area contributed by atoms with Gasteiger partial charge in [-0.05, 0) is 24.6 Å². The molecular weight excluding hydrogens is 400 g/mol. The van der Waals surface area contributed by atoms with Crippen LogP contribution in [0.15, 0.2) is 66.7 Å². The van der Waals surface area contributed by atoms with Crippen molar-refractivity contribution in [2.24, 2.45) is 0 Å². The van der Waals surface area contributed by atoms with Crippen molar-refractivity contribution in [3.63, 3.8) is 0 Å². The van der Waals surface area contributed by atoms with Crippen molar-refractivity contribution in [2.45, 2.75) is 32.6 Å². The first-order valence-corrected chi connectivity index (χ1v) is 11.1. The number of carbonyl (C=O) groups is 1. The van der Waals surface area contributed by atoms with Gasteiger partial charge in [-0.15, -0.1) is 0 Å². The molecule has 0 aliphatic rings. The number of rotatable bonds is 9. The van der Waals surface area contributed by atoms with Crippen molar-refractivity contribution in [3.05, 3.63) is 72.4 Å². The van der Waals surface area contributed by atoms with Crippen LogP contribution in [0, 0.1) is 0 Å². The predicted octanol–water partition coefficient (Wildman–Crippen LogP) is 5.38. The van der Waals surface area contributed by atoms with Gasteiger partial charge in [-0.1, -0.05) is 68.7 Å². The second-order valence-corrected chi connectivity index (χ2v) is 7.74. The summed E-state index contributed by atoms with van der Waals surface area (Å²) in [5.41, 5.74) is 4.49. The number of carbonyl (C=O) groups excluding carboxylic acids is 1. The molecule has 0 unspecified atom stereocenters. The Bertz CT molecular complexity index is 1200. The van der Waals surface area contributed by atoms with Gasteiger partial charge in [0.05, 0.1) is 18.5 Å². The van der Waals surface area contributed by atoms with Crippen molar-refractivity contribution >= 4 is 11.6 Å². The molecule has 0 aliphatic carbocycles. The van der Waals surface area contributed by atoms with Crippen LogP contribution < -0.4 is 10.1 Å². The molecule has 4 aromatic rings. The van der Waals surface area contributed by atoms with E-state index in [1.54, 1.807) is 17.7 Å². The Morgan fingerprint density at radius 3 is 2.56 bits per heavy atom. The Kier molecular flexibility index (Phi) is 6.80. The van der Waals surface area contributed by atoms with Crippen molar-refractivity contribution < 1.29 is 9.53 Å². The van der Waals surface area contributed by atoms with E-state index in [0.29, 0.717) is 17.9 Å². The highest BCUT2D eigenvalue weighted by atomic mass is 16.5. The van der Waals surface area contributed by atoms with Crippen LogP contribution >= 0.6 is 0 Å². The van der Waals surface area contributed by atoms with Gasteiger partial charge >= 0.3 is 0 Å². The van der Waals surface area contributed by atoms with Crippen LogP contribution in [-0.4, -0.2) is 34.2 Å². The third-order valence-electron chi connectivity index (χ3n) is 5.41. The number of fused-ring (bicyclic) bond motifs is 1. The molecule has 6 heteroatoms. The number of hydrogen-bond acceptors (Lipinski definition) is 4. The Morgan fingerprint density at radius 2 is 1.78 bits per heavy atom. The number of amides is 1. The maximum atomic E-state index is 12.9. The summed E-state index contributed by atoms with van der Waals surface area (Å²) in [7, 11) is 1.64. The van der Waals surface area contributed by atoms with E-state index in [1.807, 2.05) is 60.7 Å². The highest BCUT2D eigenvalue weighted by Gasteiger charge is 2.16. The SMILES string of the molecule is CCCCCCNC(=O)c1cc(-c2cccc(OC)c2)n2nc(-c3ccccc3)cc2n1. The summed E-state index contributed by atoms with van der Waals surface area (Å²) in [6.07, 6.45) is 4.43. The average Bonchev–Trinajstić information content (AvgIpc) is 3.28. The van der Waals surface area contributed by atoms with E-state index in [1.165, 1.54) is 12.8 Å². The summed E-state index contributed by atoms with van der Waals surface area (Å²) in [4.78, 5) is 17.5. The van der Waals surface area contributed by atoms with Gasteiger partial charge in [0.2, 0.25) is 0 Å². The zero-order chi connectivity index (χ0) is 22.3. The molecule has 0 fully saturated rings. The molecule has 6 nitrogen and oxygen atoms in total. The average molecular weight is 429 g/mol. The lowest BCUT2D eigenvalue weighted by molar-refractivity contribution is 0.0948. The molecule has 1 amide bonds. The molecule has 32 heavy (non-hydrogen) atoms. The van der Waals surface area contributed by atoms with Gasteiger partial charge in [-0.25, -0.2) is 9.50 Å². The van der Waals surface area contributed by atoms with Crippen LogP contribution in [0.25, 0.3) is 28.2 Å². The number of benzene rings is 2. The first-order chi connectivity index (χ1) is 15.7. The number of hydrogen-bond donors (Lipinski definition) is 1. The van der Waals surface area contributed by atoms with E-state index in [-0.39, 0.29) is 5.91 Å². The number of methoxy groups -OCH3 is 1. The number of unbranched alkanes of at least 4 members (excludes halogenated alkanes) is 3. The first kappa shape index (κ1) is 21.6. The van der Waals surface area contributed by atoms with Gasteiger partial charge in [0.15, 0.2) is 5.65 Å². The first-order valence-electron chi connectivity index (χ1n) is 11.1. The summed E-state index contributed by atoms with van der Waals surface area (Å²) >= 11 is 0. The molecule has 1 N–H and O–H groups in total. The zero-order valence-electron chi connectivity index (χ0n) is 18.5. The minimum Gasteiger partial charge on any atom is -0.497 e. The normalized spacial score (nSPS) is 10.9. The molecule has 4 rings (SSSR count). The van der Waals surface area contributed by atoms with Crippen molar-refractivity contribution in [1.82, 2.24) is 19.9 Å². The summed E-state index contributed by atoms with van der Waals surface area (Å²) in [5.74, 6) is 0.570. The molecular formula is C26H28N4O2. The quantitative estimate of drug-likeness (QED) is 0.363. The summed E-state index contributed by atoms with van der Waals surface area (Å²) in [5, 5.41) is 7.80. The van der Waals surface area contributed by atoms with Crippen LogP contribution in [0.2, 0.25) is 0 Å². The van der Waals surface area contributed by atoms with Crippen LogP contribution in [0.4, 0.5) is 0 Å². The minimum absolute atomic E-state index is 0.171. The van der Waals surface area contributed by atoms with E-state index in [2.05, 4.69) is 17.2 Å². The van der Waals surface area contributed by atoms with E-state index in [9.17, 15) is 4.79 Å². The maximum Gasteiger partial charge on any atom is 0.270 e. The fourth-order valence-corrected chi connectivity index (χ4v) is 3.67. The second-order valence-electron chi connectivity index (χ2n) is 7.74. The molecule has 0 spiro atoms. The Hall–Kier alpha value is -3.67. The zero-order valence-corrected chi connectivity index (χ0v) is 18.5. The van der Waals surface area contributed by atoms with Crippen LogP contribution in [0.5, 0.6) is 5.75 Å². The van der Waals surface area contributed by atoms with Gasteiger partial charge in [0.1, 0.15) is 11.4 Å². The molecule has 0 saturated heterocycles. The van der Waals surface area contributed by atoms with E-state index < -0.39 is 0 Å². The highest BCUT2D eigenvalue weighted by molar-refractivity contribution is 5.94. The van der Waals surface area contributed by atoms with Gasteiger partial charge in [0.25, 0.3) is 5.91 Å². The van der Waals surface area contributed by atoms with Crippen molar-refractivity contribution in [3.8, 4) is 28.3 Å². The fourth-order valence-electron chi connectivity index (χ4n) is 3.67. The Morgan fingerprint density at radius 1 is 0.969 bits per heavy atom. The monoisotopic (exact) mass is 428 g/mol. The Balaban J connectivity index is 1.74. The molecule has 0 saturated carbocycles. The predicted molar refractivity (Wildman–Crippen MR) is 127 cm³/mol. The standard InChI is InChI=1S/C26H28N4O2/c1-3-4-5-9-15-27-26(31)23-17-24(20-13-10-14-21(16-20)32-2)30-25(28-23)18-22(29-30)19-11-7-6-8-12-19/h6-8,10-14,16-18H,3-5,9,15H2,1-2H3,(H,27,31). The summed E-state index contributed by atoms with van der Waals surface area (Å²) in [6.45, 7) is 2.82. The fraction of sp³-hybridized carbons (Fsp3) is 0.269. The molecule has 2 aromatic carbocycles.